The molecule has 1 aromatic carbocycles. The van der Waals surface area contributed by atoms with E-state index in [4.69, 9.17) is 0 Å². The van der Waals surface area contributed by atoms with Gasteiger partial charge in [0.15, 0.2) is 0 Å². The Morgan fingerprint density at radius 1 is 1.38 bits per heavy atom. The maximum atomic E-state index is 10.7. The first-order valence-electron chi connectivity index (χ1n) is 4.95. The fourth-order valence-electron chi connectivity index (χ4n) is 1.81. The Kier molecular flexibility index (Phi) is 2.71. The maximum absolute atomic E-state index is 10.7. The standard InChI is InChI=1S/C11H11BrN2O2/c1-7(2)13-10-6-9(14(15)16)4-3-8(10)5-11(13)12/h3-7H,1-2H3. The molecular formula is C11H11BrN2O2. The molecule has 0 saturated carbocycles. The summed E-state index contributed by atoms with van der Waals surface area (Å²) in [5.74, 6) is 0. The first kappa shape index (κ1) is 11.1. The number of aromatic nitrogens is 1. The number of non-ortho nitro benzene ring substituents is 1. The second-order valence-corrected chi connectivity index (χ2v) is 4.74. The molecule has 2 aromatic rings. The molecule has 0 aliphatic carbocycles. The predicted octanol–water partition coefficient (Wildman–Crippen LogP) is 3.89. The van der Waals surface area contributed by atoms with Gasteiger partial charge in [0.1, 0.15) is 0 Å². The Morgan fingerprint density at radius 3 is 2.62 bits per heavy atom. The Bertz CT molecular complexity index is 560. The van der Waals surface area contributed by atoms with Crippen LogP contribution in [0.25, 0.3) is 10.9 Å². The van der Waals surface area contributed by atoms with E-state index in [0.29, 0.717) is 0 Å². The lowest BCUT2D eigenvalue weighted by atomic mass is 10.2. The van der Waals surface area contributed by atoms with Crippen LogP contribution in [0.2, 0.25) is 0 Å². The minimum absolute atomic E-state index is 0.125. The molecule has 4 nitrogen and oxygen atoms in total. The Hall–Kier alpha value is -1.36. The monoisotopic (exact) mass is 282 g/mol. The van der Waals surface area contributed by atoms with Gasteiger partial charge < -0.3 is 4.57 Å². The molecule has 0 amide bonds. The van der Waals surface area contributed by atoms with Gasteiger partial charge in [0.05, 0.1) is 15.0 Å². The van der Waals surface area contributed by atoms with Gasteiger partial charge in [-0.25, -0.2) is 0 Å². The van der Waals surface area contributed by atoms with E-state index in [0.717, 1.165) is 15.5 Å². The first-order chi connectivity index (χ1) is 7.50. The molecule has 16 heavy (non-hydrogen) atoms. The topological polar surface area (TPSA) is 48.1 Å². The number of fused-ring (bicyclic) bond motifs is 1. The quantitative estimate of drug-likeness (QED) is 0.620. The van der Waals surface area contributed by atoms with E-state index in [-0.39, 0.29) is 16.7 Å². The molecule has 0 aliphatic rings. The molecule has 0 bridgehead atoms. The zero-order valence-corrected chi connectivity index (χ0v) is 10.6. The summed E-state index contributed by atoms with van der Waals surface area (Å²) in [6.45, 7) is 4.09. The average Bonchev–Trinajstić information content (AvgIpc) is 2.51. The zero-order valence-electron chi connectivity index (χ0n) is 8.98. The van der Waals surface area contributed by atoms with Crippen LogP contribution in [-0.2, 0) is 0 Å². The van der Waals surface area contributed by atoms with Gasteiger partial charge in [0, 0.05) is 23.6 Å². The number of nitro groups is 1. The molecule has 0 fully saturated rings. The van der Waals surface area contributed by atoms with Crippen molar-refractivity contribution in [2.24, 2.45) is 0 Å². The maximum Gasteiger partial charge on any atom is 0.271 e. The van der Waals surface area contributed by atoms with Gasteiger partial charge in [0.2, 0.25) is 0 Å². The van der Waals surface area contributed by atoms with Gasteiger partial charge in [-0.15, -0.1) is 0 Å². The number of nitro benzene ring substituents is 1. The summed E-state index contributed by atoms with van der Waals surface area (Å²) >= 11 is 3.46. The highest BCUT2D eigenvalue weighted by atomic mass is 79.9. The van der Waals surface area contributed by atoms with E-state index in [1.807, 2.05) is 24.5 Å². The Labute approximate surface area is 101 Å². The first-order valence-corrected chi connectivity index (χ1v) is 5.75. The van der Waals surface area contributed by atoms with Crippen molar-refractivity contribution in [1.82, 2.24) is 4.57 Å². The molecule has 1 heterocycles. The molecule has 0 atom stereocenters. The van der Waals surface area contributed by atoms with E-state index in [1.54, 1.807) is 12.1 Å². The van der Waals surface area contributed by atoms with Crippen molar-refractivity contribution in [2.75, 3.05) is 0 Å². The number of nitrogens with zero attached hydrogens (tertiary/aromatic N) is 2. The summed E-state index contributed by atoms with van der Waals surface area (Å²) < 4.78 is 2.97. The smallest absolute Gasteiger partial charge is 0.271 e. The van der Waals surface area contributed by atoms with Crippen LogP contribution in [-0.4, -0.2) is 9.49 Å². The van der Waals surface area contributed by atoms with Crippen molar-refractivity contribution in [3.63, 3.8) is 0 Å². The molecule has 0 radical (unpaired) electrons. The van der Waals surface area contributed by atoms with E-state index in [2.05, 4.69) is 15.9 Å². The van der Waals surface area contributed by atoms with Crippen LogP contribution in [0.15, 0.2) is 28.9 Å². The molecule has 0 spiro atoms. The van der Waals surface area contributed by atoms with Crippen LogP contribution in [0.4, 0.5) is 5.69 Å². The minimum atomic E-state index is -0.370. The zero-order chi connectivity index (χ0) is 11.9. The highest BCUT2D eigenvalue weighted by Crippen LogP contribution is 2.30. The van der Waals surface area contributed by atoms with Crippen LogP contribution in [0, 0.1) is 10.1 Å². The fourth-order valence-corrected chi connectivity index (χ4v) is 2.66. The van der Waals surface area contributed by atoms with Gasteiger partial charge in [-0.1, -0.05) is 0 Å². The van der Waals surface area contributed by atoms with Crippen LogP contribution in [0.1, 0.15) is 19.9 Å². The summed E-state index contributed by atoms with van der Waals surface area (Å²) in [5, 5.41) is 11.7. The second-order valence-electron chi connectivity index (χ2n) is 3.93. The van der Waals surface area contributed by atoms with Gasteiger partial charge >= 0.3 is 0 Å². The average molecular weight is 283 g/mol. The summed E-state index contributed by atoms with van der Waals surface area (Å²) in [6.07, 6.45) is 0. The lowest BCUT2D eigenvalue weighted by Gasteiger charge is -2.10. The number of benzene rings is 1. The summed E-state index contributed by atoms with van der Waals surface area (Å²) in [6, 6.07) is 7.14. The minimum Gasteiger partial charge on any atom is -0.332 e. The lowest BCUT2D eigenvalue weighted by Crippen LogP contribution is -2.00. The summed E-state index contributed by atoms with van der Waals surface area (Å²) in [4.78, 5) is 10.3. The van der Waals surface area contributed by atoms with Crippen molar-refractivity contribution < 1.29 is 4.92 Å². The van der Waals surface area contributed by atoms with Gasteiger partial charge in [-0.3, -0.25) is 10.1 Å². The van der Waals surface area contributed by atoms with Gasteiger partial charge in [-0.2, -0.15) is 0 Å². The Morgan fingerprint density at radius 2 is 2.06 bits per heavy atom. The molecular weight excluding hydrogens is 272 g/mol. The summed E-state index contributed by atoms with van der Waals surface area (Å²) in [5.41, 5.74) is 1.01. The van der Waals surface area contributed by atoms with Crippen LogP contribution >= 0.6 is 15.9 Å². The van der Waals surface area contributed by atoms with Crippen molar-refractivity contribution in [2.45, 2.75) is 19.9 Å². The molecule has 2 rings (SSSR count). The SMILES string of the molecule is CC(C)n1c(Br)cc2ccc([N+](=O)[O-])cc21. The van der Waals surface area contributed by atoms with Gasteiger partial charge in [0.25, 0.3) is 5.69 Å². The number of rotatable bonds is 2. The second kappa shape index (κ2) is 3.90. The highest BCUT2D eigenvalue weighted by molar-refractivity contribution is 9.10. The van der Waals surface area contributed by atoms with Crippen molar-refractivity contribution in [3.8, 4) is 0 Å². The third-order valence-electron chi connectivity index (χ3n) is 2.51. The van der Waals surface area contributed by atoms with E-state index >= 15 is 0 Å². The molecule has 1 aromatic heterocycles. The molecule has 0 aliphatic heterocycles. The number of hydrogen-bond acceptors (Lipinski definition) is 2. The Balaban J connectivity index is 2.74. The molecule has 0 unspecified atom stereocenters. The molecule has 0 N–H and O–H groups in total. The normalized spacial score (nSPS) is 11.2. The molecule has 5 heteroatoms. The van der Waals surface area contributed by atoms with E-state index in [1.165, 1.54) is 6.07 Å². The summed E-state index contributed by atoms with van der Waals surface area (Å²) in [7, 11) is 0. The van der Waals surface area contributed by atoms with Crippen LogP contribution < -0.4 is 0 Å². The number of halogens is 1. The molecule has 0 saturated heterocycles. The van der Waals surface area contributed by atoms with E-state index in [9.17, 15) is 10.1 Å². The molecule has 84 valence electrons. The third-order valence-corrected chi connectivity index (χ3v) is 3.12. The third kappa shape index (κ3) is 1.71. The fraction of sp³-hybridized carbons (Fsp3) is 0.273. The highest BCUT2D eigenvalue weighted by Gasteiger charge is 2.13. The van der Waals surface area contributed by atoms with Gasteiger partial charge in [-0.05, 0) is 41.9 Å². The largest absolute Gasteiger partial charge is 0.332 e. The lowest BCUT2D eigenvalue weighted by molar-refractivity contribution is -0.384. The van der Waals surface area contributed by atoms with Crippen molar-refractivity contribution in [1.29, 1.82) is 0 Å². The van der Waals surface area contributed by atoms with Crippen molar-refractivity contribution in [3.05, 3.63) is 39.0 Å². The van der Waals surface area contributed by atoms with Crippen LogP contribution in [0.5, 0.6) is 0 Å². The van der Waals surface area contributed by atoms with Crippen molar-refractivity contribution >= 4 is 32.5 Å². The number of hydrogen-bond donors (Lipinski definition) is 0. The van der Waals surface area contributed by atoms with Crippen LogP contribution in [0.3, 0.4) is 0 Å². The predicted molar refractivity (Wildman–Crippen MR) is 66.7 cm³/mol. The van der Waals surface area contributed by atoms with E-state index < -0.39 is 0 Å².